The van der Waals surface area contributed by atoms with Crippen molar-refractivity contribution in [2.45, 2.75) is 50.5 Å². The zero-order valence-electron chi connectivity index (χ0n) is 12.7. The second kappa shape index (κ2) is 6.89. The number of piperidine rings is 1. The van der Waals surface area contributed by atoms with E-state index in [0.29, 0.717) is 12.0 Å². The van der Waals surface area contributed by atoms with Crippen molar-refractivity contribution in [1.29, 1.82) is 0 Å². The Labute approximate surface area is 132 Å². The maximum absolute atomic E-state index is 6.33. The van der Waals surface area contributed by atoms with Gasteiger partial charge in [-0.2, -0.15) is 0 Å². The molecule has 0 unspecified atom stereocenters. The molecule has 116 valence electrons. The van der Waals surface area contributed by atoms with E-state index in [-0.39, 0.29) is 0 Å². The lowest BCUT2D eigenvalue weighted by Gasteiger charge is -2.27. The molecule has 1 saturated heterocycles. The Morgan fingerprint density at radius 2 is 1.81 bits per heavy atom. The average molecular weight is 310 g/mol. The average Bonchev–Trinajstić information content (AvgIpc) is 3.02. The van der Waals surface area contributed by atoms with Gasteiger partial charge in [0.05, 0.1) is 13.2 Å². The number of methoxy groups -OCH3 is 1. The Kier molecular flexibility index (Phi) is 4.91. The fourth-order valence-corrected chi connectivity index (χ4v) is 3.69. The van der Waals surface area contributed by atoms with Crippen LogP contribution in [0.4, 0.5) is 0 Å². The largest absolute Gasteiger partial charge is 0.493 e. The predicted molar refractivity (Wildman–Crippen MR) is 85.7 cm³/mol. The first-order valence-corrected chi connectivity index (χ1v) is 8.40. The zero-order chi connectivity index (χ0) is 14.7. The molecule has 1 heterocycles. The van der Waals surface area contributed by atoms with E-state index in [9.17, 15) is 0 Å². The molecule has 0 bridgehead atoms. The summed E-state index contributed by atoms with van der Waals surface area (Å²) in [5.74, 6) is 2.22. The SMILES string of the molecule is COc1cc(Cl)cc(C2CCNCC2)c1OC1CCCC1. The third-order valence-corrected chi connectivity index (χ3v) is 4.85. The van der Waals surface area contributed by atoms with E-state index in [1.807, 2.05) is 6.07 Å². The number of halogens is 1. The van der Waals surface area contributed by atoms with Crippen LogP contribution in [-0.2, 0) is 0 Å². The summed E-state index contributed by atoms with van der Waals surface area (Å²) in [6, 6.07) is 3.95. The molecule has 1 aliphatic carbocycles. The van der Waals surface area contributed by atoms with Crippen LogP contribution in [0.15, 0.2) is 12.1 Å². The Bertz CT molecular complexity index is 480. The van der Waals surface area contributed by atoms with Crippen LogP contribution in [0.2, 0.25) is 5.02 Å². The molecule has 0 amide bonds. The Morgan fingerprint density at radius 1 is 1.10 bits per heavy atom. The third-order valence-electron chi connectivity index (χ3n) is 4.63. The summed E-state index contributed by atoms with van der Waals surface area (Å²) >= 11 is 6.29. The smallest absolute Gasteiger partial charge is 0.165 e. The van der Waals surface area contributed by atoms with E-state index in [4.69, 9.17) is 21.1 Å². The fraction of sp³-hybridized carbons (Fsp3) is 0.647. The van der Waals surface area contributed by atoms with Crippen molar-refractivity contribution in [3.8, 4) is 11.5 Å². The van der Waals surface area contributed by atoms with Crippen LogP contribution in [-0.4, -0.2) is 26.3 Å². The first kappa shape index (κ1) is 15.0. The quantitative estimate of drug-likeness (QED) is 0.907. The summed E-state index contributed by atoms with van der Waals surface area (Å²) in [7, 11) is 1.69. The van der Waals surface area contributed by atoms with Gasteiger partial charge in [-0.05, 0) is 63.6 Å². The first-order chi connectivity index (χ1) is 10.3. The summed E-state index contributed by atoms with van der Waals surface area (Å²) in [6.45, 7) is 2.12. The van der Waals surface area contributed by atoms with Gasteiger partial charge in [0.25, 0.3) is 0 Å². The van der Waals surface area contributed by atoms with Crippen LogP contribution in [0, 0.1) is 0 Å². The minimum absolute atomic E-state index is 0.334. The molecular weight excluding hydrogens is 286 g/mol. The van der Waals surface area contributed by atoms with Gasteiger partial charge in [0.2, 0.25) is 0 Å². The molecule has 1 aliphatic heterocycles. The van der Waals surface area contributed by atoms with Crippen molar-refractivity contribution in [1.82, 2.24) is 5.32 Å². The molecule has 4 heteroatoms. The van der Waals surface area contributed by atoms with Gasteiger partial charge >= 0.3 is 0 Å². The molecule has 0 spiro atoms. The highest BCUT2D eigenvalue weighted by Gasteiger charge is 2.26. The topological polar surface area (TPSA) is 30.5 Å². The number of hydrogen-bond donors (Lipinski definition) is 1. The van der Waals surface area contributed by atoms with Gasteiger partial charge in [-0.15, -0.1) is 0 Å². The zero-order valence-corrected chi connectivity index (χ0v) is 13.4. The number of benzene rings is 1. The maximum Gasteiger partial charge on any atom is 0.165 e. The van der Waals surface area contributed by atoms with Crippen LogP contribution >= 0.6 is 11.6 Å². The lowest BCUT2D eigenvalue weighted by atomic mass is 9.89. The molecule has 2 aliphatic rings. The van der Waals surface area contributed by atoms with E-state index in [2.05, 4.69) is 11.4 Å². The summed E-state index contributed by atoms with van der Waals surface area (Å²) in [5, 5.41) is 4.15. The maximum atomic E-state index is 6.33. The van der Waals surface area contributed by atoms with Crippen LogP contribution in [0.3, 0.4) is 0 Å². The molecule has 1 N–H and O–H groups in total. The van der Waals surface area contributed by atoms with Crippen molar-refractivity contribution < 1.29 is 9.47 Å². The molecule has 1 saturated carbocycles. The Hall–Kier alpha value is -0.930. The molecule has 2 fully saturated rings. The molecule has 0 aromatic heterocycles. The van der Waals surface area contributed by atoms with Crippen molar-refractivity contribution in [2.24, 2.45) is 0 Å². The van der Waals surface area contributed by atoms with Crippen molar-refractivity contribution in [3.63, 3.8) is 0 Å². The molecule has 1 aromatic rings. The highest BCUT2D eigenvalue weighted by molar-refractivity contribution is 6.30. The summed E-state index contributed by atoms with van der Waals surface area (Å²) in [5.41, 5.74) is 1.23. The Balaban J connectivity index is 1.92. The van der Waals surface area contributed by atoms with Crippen molar-refractivity contribution >= 4 is 11.6 Å². The van der Waals surface area contributed by atoms with E-state index in [1.165, 1.54) is 18.4 Å². The second-order valence-electron chi connectivity index (χ2n) is 6.07. The highest BCUT2D eigenvalue weighted by Crippen LogP contribution is 2.43. The normalized spacial score (nSPS) is 20.7. The lowest BCUT2D eigenvalue weighted by molar-refractivity contribution is 0.196. The van der Waals surface area contributed by atoms with Gasteiger partial charge in [-0.25, -0.2) is 0 Å². The summed E-state index contributed by atoms with van der Waals surface area (Å²) in [4.78, 5) is 0. The second-order valence-corrected chi connectivity index (χ2v) is 6.51. The van der Waals surface area contributed by atoms with Gasteiger partial charge in [-0.3, -0.25) is 0 Å². The van der Waals surface area contributed by atoms with E-state index in [1.54, 1.807) is 7.11 Å². The molecule has 3 rings (SSSR count). The molecule has 3 nitrogen and oxygen atoms in total. The van der Waals surface area contributed by atoms with Crippen LogP contribution in [0.5, 0.6) is 11.5 Å². The molecule has 0 radical (unpaired) electrons. The molecular formula is C17H24ClNO2. The van der Waals surface area contributed by atoms with Gasteiger partial charge in [0.15, 0.2) is 11.5 Å². The molecule has 21 heavy (non-hydrogen) atoms. The van der Waals surface area contributed by atoms with Crippen molar-refractivity contribution in [3.05, 3.63) is 22.7 Å². The minimum Gasteiger partial charge on any atom is -0.493 e. The number of nitrogens with one attached hydrogen (secondary N) is 1. The van der Waals surface area contributed by atoms with Crippen molar-refractivity contribution in [2.75, 3.05) is 20.2 Å². The van der Waals surface area contributed by atoms with Gasteiger partial charge < -0.3 is 14.8 Å². The van der Waals surface area contributed by atoms with Gasteiger partial charge in [-0.1, -0.05) is 11.6 Å². The number of hydrogen-bond acceptors (Lipinski definition) is 3. The van der Waals surface area contributed by atoms with E-state index >= 15 is 0 Å². The molecule has 0 atom stereocenters. The first-order valence-electron chi connectivity index (χ1n) is 8.02. The number of ether oxygens (including phenoxy) is 2. The van der Waals surface area contributed by atoms with Crippen LogP contribution in [0.1, 0.15) is 50.0 Å². The standard InChI is InChI=1S/C17H24ClNO2/c1-20-16-11-13(18)10-15(12-6-8-19-9-7-12)17(16)21-14-4-2-3-5-14/h10-12,14,19H,2-9H2,1H3. The van der Waals surface area contributed by atoms with Crippen LogP contribution < -0.4 is 14.8 Å². The van der Waals surface area contributed by atoms with E-state index in [0.717, 1.165) is 55.3 Å². The predicted octanol–water partition coefficient (Wildman–Crippen LogP) is 4.14. The minimum atomic E-state index is 0.334. The lowest BCUT2D eigenvalue weighted by Crippen LogP contribution is -2.27. The van der Waals surface area contributed by atoms with Gasteiger partial charge in [0, 0.05) is 16.7 Å². The van der Waals surface area contributed by atoms with E-state index < -0.39 is 0 Å². The molecule has 1 aromatic carbocycles. The number of rotatable bonds is 4. The fourth-order valence-electron chi connectivity index (χ4n) is 3.48. The monoisotopic (exact) mass is 309 g/mol. The van der Waals surface area contributed by atoms with Gasteiger partial charge in [0.1, 0.15) is 0 Å². The highest BCUT2D eigenvalue weighted by atomic mass is 35.5. The van der Waals surface area contributed by atoms with Crippen LogP contribution in [0.25, 0.3) is 0 Å². The third kappa shape index (κ3) is 3.46. The Morgan fingerprint density at radius 3 is 2.48 bits per heavy atom. The summed E-state index contributed by atoms with van der Waals surface area (Å²) in [6.07, 6.45) is 7.43. The summed E-state index contributed by atoms with van der Waals surface area (Å²) < 4.78 is 11.9.